The summed E-state index contributed by atoms with van der Waals surface area (Å²) in [5.41, 5.74) is 0. The lowest BCUT2D eigenvalue weighted by molar-refractivity contribution is -0.149. The van der Waals surface area contributed by atoms with Gasteiger partial charge in [0.1, 0.15) is 0 Å². The van der Waals surface area contributed by atoms with Crippen LogP contribution in [-0.4, -0.2) is 52.9 Å². The molecule has 1 N–H and O–H groups in total. The lowest BCUT2D eigenvalue weighted by Gasteiger charge is -2.31. The molecule has 2 rings (SSSR count). The third-order valence-corrected chi connectivity index (χ3v) is 4.06. The van der Waals surface area contributed by atoms with Crippen LogP contribution in [-0.2, 0) is 16.1 Å². The van der Waals surface area contributed by atoms with Gasteiger partial charge in [0, 0.05) is 38.6 Å². The molecule has 0 bridgehead atoms. The number of ether oxygens (including phenoxy) is 1. The topological polar surface area (TPSA) is 76.5 Å². The van der Waals surface area contributed by atoms with E-state index in [-0.39, 0.29) is 17.9 Å². The van der Waals surface area contributed by atoms with E-state index >= 15 is 0 Å². The van der Waals surface area contributed by atoms with Crippen LogP contribution in [0.5, 0.6) is 0 Å². The summed E-state index contributed by atoms with van der Waals surface area (Å²) in [4.78, 5) is 25.6. The molecule has 2 amide bonds. The Bertz CT molecular complexity index is 495. The van der Waals surface area contributed by atoms with E-state index in [1.807, 2.05) is 23.9 Å². The molecular formula is C16H26N4O3. The maximum Gasteiger partial charge on any atom is 0.317 e. The van der Waals surface area contributed by atoms with E-state index in [1.165, 1.54) is 0 Å². The van der Waals surface area contributed by atoms with Gasteiger partial charge in [-0.15, -0.1) is 0 Å². The Morgan fingerprint density at radius 2 is 2.13 bits per heavy atom. The van der Waals surface area contributed by atoms with Crippen molar-refractivity contribution < 1.29 is 14.3 Å². The number of aromatic nitrogens is 2. The Hall–Kier alpha value is -2.05. The van der Waals surface area contributed by atoms with Crippen molar-refractivity contribution in [2.75, 3.05) is 26.2 Å². The van der Waals surface area contributed by atoms with Gasteiger partial charge < -0.3 is 15.0 Å². The van der Waals surface area contributed by atoms with Crippen LogP contribution in [0.4, 0.5) is 4.79 Å². The van der Waals surface area contributed by atoms with Gasteiger partial charge in [0.15, 0.2) is 0 Å². The molecule has 0 radical (unpaired) electrons. The summed E-state index contributed by atoms with van der Waals surface area (Å²) < 4.78 is 6.90. The molecule has 128 valence electrons. The molecule has 7 heteroatoms. The van der Waals surface area contributed by atoms with Gasteiger partial charge in [0.05, 0.1) is 12.5 Å². The van der Waals surface area contributed by atoms with Gasteiger partial charge in [-0.25, -0.2) is 4.79 Å². The minimum Gasteiger partial charge on any atom is -0.466 e. The standard InChI is InChI=1S/C16H26N4O3/c1-3-23-15(21)14-5-9-19(10-6-14)16(22)17-11-13(2)12-20-8-4-7-18-20/h4,7-8,13-14H,3,5-6,9-12H2,1-2H3,(H,17,22)/t13-/m0/s1. The number of carbonyl (C=O) groups is 2. The van der Waals surface area contributed by atoms with Crippen LogP contribution in [0.3, 0.4) is 0 Å². The fourth-order valence-corrected chi connectivity index (χ4v) is 2.74. The first-order chi connectivity index (χ1) is 11.1. The second-order valence-corrected chi connectivity index (χ2v) is 6.03. The number of hydrogen-bond acceptors (Lipinski definition) is 4. The van der Waals surface area contributed by atoms with E-state index in [0.29, 0.717) is 45.0 Å². The Morgan fingerprint density at radius 3 is 2.74 bits per heavy atom. The monoisotopic (exact) mass is 322 g/mol. The second kappa shape index (κ2) is 8.55. The first kappa shape index (κ1) is 17.3. The summed E-state index contributed by atoms with van der Waals surface area (Å²) in [6.45, 7) is 6.88. The maximum atomic E-state index is 12.2. The number of rotatable bonds is 6. The predicted octanol–water partition coefficient (Wildman–Crippen LogP) is 1.50. The van der Waals surface area contributed by atoms with Crippen molar-refractivity contribution in [1.82, 2.24) is 20.0 Å². The number of nitrogens with one attached hydrogen (secondary N) is 1. The molecule has 2 heterocycles. The molecule has 1 saturated heterocycles. The van der Waals surface area contributed by atoms with E-state index in [4.69, 9.17) is 4.74 Å². The largest absolute Gasteiger partial charge is 0.466 e. The zero-order valence-corrected chi connectivity index (χ0v) is 13.9. The minimum absolute atomic E-state index is 0.0559. The van der Waals surface area contributed by atoms with Gasteiger partial charge in [-0.05, 0) is 31.7 Å². The van der Waals surface area contributed by atoms with Crippen LogP contribution in [0.15, 0.2) is 18.5 Å². The lowest BCUT2D eigenvalue weighted by atomic mass is 9.97. The fraction of sp³-hybridized carbons (Fsp3) is 0.688. The van der Waals surface area contributed by atoms with Gasteiger partial charge in [0.25, 0.3) is 0 Å². The smallest absolute Gasteiger partial charge is 0.317 e. The Labute approximate surface area is 137 Å². The van der Waals surface area contributed by atoms with Gasteiger partial charge in [-0.1, -0.05) is 6.92 Å². The molecule has 1 fully saturated rings. The lowest BCUT2D eigenvalue weighted by Crippen LogP contribution is -2.46. The van der Waals surface area contributed by atoms with Crippen molar-refractivity contribution in [2.45, 2.75) is 33.2 Å². The highest BCUT2D eigenvalue weighted by Gasteiger charge is 2.28. The van der Waals surface area contributed by atoms with Crippen molar-refractivity contribution in [2.24, 2.45) is 11.8 Å². The Morgan fingerprint density at radius 1 is 1.39 bits per heavy atom. The van der Waals surface area contributed by atoms with E-state index in [1.54, 1.807) is 11.1 Å². The fourth-order valence-electron chi connectivity index (χ4n) is 2.74. The van der Waals surface area contributed by atoms with Gasteiger partial charge in [-0.3, -0.25) is 9.48 Å². The van der Waals surface area contributed by atoms with Crippen molar-refractivity contribution in [3.05, 3.63) is 18.5 Å². The first-order valence-corrected chi connectivity index (χ1v) is 8.27. The van der Waals surface area contributed by atoms with Crippen LogP contribution in [0.1, 0.15) is 26.7 Å². The Kier molecular flexibility index (Phi) is 6.43. The number of carbonyl (C=O) groups excluding carboxylic acids is 2. The number of likely N-dealkylation sites (tertiary alicyclic amines) is 1. The molecule has 1 aliphatic heterocycles. The number of hydrogen-bond donors (Lipinski definition) is 1. The number of piperidine rings is 1. The van der Waals surface area contributed by atoms with Crippen molar-refractivity contribution in [3.63, 3.8) is 0 Å². The Balaban J connectivity index is 1.67. The van der Waals surface area contributed by atoms with Crippen LogP contribution in [0, 0.1) is 11.8 Å². The molecular weight excluding hydrogens is 296 g/mol. The minimum atomic E-state index is -0.139. The zero-order valence-electron chi connectivity index (χ0n) is 13.9. The average Bonchev–Trinajstić information content (AvgIpc) is 3.06. The predicted molar refractivity (Wildman–Crippen MR) is 85.7 cm³/mol. The molecule has 0 aliphatic carbocycles. The first-order valence-electron chi connectivity index (χ1n) is 8.27. The van der Waals surface area contributed by atoms with Gasteiger partial charge in [-0.2, -0.15) is 5.10 Å². The number of nitrogens with zero attached hydrogens (tertiary/aromatic N) is 3. The molecule has 23 heavy (non-hydrogen) atoms. The van der Waals surface area contributed by atoms with E-state index in [0.717, 1.165) is 6.54 Å². The molecule has 0 spiro atoms. The highest BCUT2D eigenvalue weighted by Crippen LogP contribution is 2.18. The molecule has 1 atom stereocenters. The van der Waals surface area contributed by atoms with Gasteiger partial charge in [0.2, 0.25) is 0 Å². The quantitative estimate of drug-likeness (QED) is 0.805. The van der Waals surface area contributed by atoms with Crippen LogP contribution < -0.4 is 5.32 Å². The van der Waals surface area contributed by atoms with Crippen molar-refractivity contribution in [3.8, 4) is 0 Å². The molecule has 1 aliphatic rings. The number of amides is 2. The van der Waals surface area contributed by atoms with Gasteiger partial charge >= 0.3 is 12.0 Å². The molecule has 0 saturated carbocycles. The van der Waals surface area contributed by atoms with Crippen LogP contribution >= 0.6 is 0 Å². The zero-order chi connectivity index (χ0) is 16.7. The molecule has 0 aromatic carbocycles. The van der Waals surface area contributed by atoms with Crippen molar-refractivity contribution in [1.29, 1.82) is 0 Å². The summed E-state index contributed by atoms with van der Waals surface area (Å²) in [5, 5.41) is 7.13. The van der Waals surface area contributed by atoms with E-state index in [2.05, 4.69) is 17.3 Å². The number of urea groups is 1. The molecule has 0 unspecified atom stereocenters. The maximum absolute atomic E-state index is 12.2. The average molecular weight is 322 g/mol. The highest BCUT2D eigenvalue weighted by molar-refractivity contribution is 5.76. The number of esters is 1. The summed E-state index contributed by atoms with van der Waals surface area (Å²) in [5.74, 6) is 0.0917. The van der Waals surface area contributed by atoms with E-state index < -0.39 is 0 Å². The third kappa shape index (κ3) is 5.26. The molecule has 1 aromatic rings. The molecule has 1 aromatic heterocycles. The van der Waals surface area contributed by atoms with Crippen LogP contribution in [0.25, 0.3) is 0 Å². The second-order valence-electron chi connectivity index (χ2n) is 6.03. The SMILES string of the molecule is CCOC(=O)C1CCN(C(=O)NC[C@H](C)Cn2cccn2)CC1. The van der Waals surface area contributed by atoms with E-state index in [9.17, 15) is 9.59 Å². The van der Waals surface area contributed by atoms with Crippen LogP contribution in [0.2, 0.25) is 0 Å². The normalized spacial score (nSPS) is 16.9. The summed E-state index contributed by atoms with van der Waals surface area (Å²) in [6, 6.07) is 1.83. The highest BCUT2D eigenvalue weighted by atomic mass is 16.5. The summed E-state index contributed by atoms with van der Waals surface area (Å²) >= 11 is 0. The summed E-state index contributed by atoms with van der Waals surface area (Å²) in [6.07, 6.45) is 5.02. The third-order valence-electron chi connectivity index (χ3n) is 4.06. The van der Waals surface area contributed by atoms with Crippen molar-refractivity contribution >= 4 is 12.0 Å². The molecule has 7 nitrogen and oxygen atoms in total. The summed E-state index contributed by atoms with van der Waals surface area (Å²) in [7, 11) is 0.